The Bertz CT molecular complexity index is 1410. The van der Waals surface area contributed by atoms with Gasteiger partial charge in [0.2, 0.25) is 0 Å². The number of hydrogen-bond donors (Lipinski definition) is 2. The van der Waals surface area contributed by atoms with Crippen molar-refractivity contribution < 1.29 is 14.3 Å². The molecule has 0 unspecified atom stereocenters. The molecular weight excluding hydrogens is 428 g/mol. The number of fused-ring (bicyclic) bond motifs is 1. The SMILES string of the molecule is COc1cccc(/C=C(/C#N)c2nc3ccc(C)cc3[nH]2)c1OCC(=O)Nc1ccc(C)cc1. The van der Waals surface area contributed by atoms with Gasteiger partial charge in [0.1, 0.15) is 11.9 Å². The van der Waals surface area contributed by atoms with Crippen LogP contribution in [0, 0.1) is 25.2 Å². The van der Waals surface area contributed by atoms with Gasteiger partial charge in [-0.2, -0.15) is 5.26 Å². The Morgan fingerprint density at radius 2 is 1.88 bits per heavy atom. The Morgan fingerprint density at radius 1 is 1.12 bits per heavy atom. The Balaban J connectivity index is 1.60. The van der Waals surface area contributed by atoms with E-state index in [2.05, 4.69) is 21.4 Å². The second-order valence-electron chi connectivity index (χ2n) is 7.86. The van der Waals surface area contributed by atoms with Crippen molar-refractivity contribution in [1.82, 2.24) is 9.97 Å². The molecule has 170 valence electrons. The molecule has 3 aromatic carbocycles. The summed E-state index contributed by atoms with van der Waals surface area (Å²) in [5.74, 6) is 0.963. The van der Waals surface area contributed by atoms with Gasteiger partial charge in [0, 0.05) is 11.3 Å². The van der Waals surface area contributed by atoms with Gasteiger partial charge in [-0.3, -0.25) is 4.79 Å². The normalized spacial score (nSPS) is 11.2. The molecule has 0 fully saturated rings. The number of rotatable bonds is 7. The monoisotopic (exact) mass is 452 g/mol. The number of imidazole rings is 1. The number of nitrogens with zero attached hydrogens (tertiary/aromatic N) is 2. The number of aryl methyl sites for hydroxylation is 2. The topological polar surface area (TPSA) is 100 Å². The average Bonchev–Trinajstić information content (AvgIpc) is 3.25. The molecule has 7 heteroatoms. The van der Waals surface area contributed by atoms with E-state index in [-0.39, 0.29) is 12.5 Å². The van der Waals surface area contributed by atoms with Gasteiger partial charge in [0.25, 0.3) is 5.91 Å². The smallest absolute Gasteiger partial charge is 0.262 e. The number of methoxy groups -OCH3 is 1. The lowest BCUT2D eigenvalue weighted by Gasteiger charge is -2.14. The lowest BCUT2D eigenvalue weighted by molar-refractivity contribution is -0.118. The molecular formula is C27H24N4O3. The van der Waals surface area contributed by atoms with Crippen molar-refractivity contribution in [2.45, 2.75) is 13.8 Å². The first-order chi connectivity index (χ1) is 16.5. The summed E-state index contributed by atoms with van der Waals surface area (Å²) in [6.07, 6.45) is 1.67. The fourth-order valence-electron chi connectivity index (χ4n) is 3.49. The number of ether oxygens (including phenoxy) is 2. The van der Waals surface area contributed by atoms with Crippen LogP contribution in [-0.4, -0.2) is 29.6 Å². The highest BCUT2D eigenvalue weighted by atomic mass is 16.5. The third-order valence-electron chi connectivity index (χ3n) is 5.22. The van der Waals surface area contributed by atoms with E-state index in [1.807, 2.05) is 56.3 Å². The minimum atomic E-state index is -0.308. The van der Waals surface area contributed by atoms with Gasteiger partial charge < -0.3 is 19.8 Å². The van der Waals surface area contributed by atoms with Gasteiger partial charge in [-0.25, -0.2) is 4.98 Å². The predicted molar refractivity (Wildman–Crippen MR) is 133 cm³/mol. The average molecular weight is 453 g/mol. The van der Waals surface area contributed by atoms with Gasteiger partial charge in [-0.15, -0.1) is 0 Å². The van der Waals surface area contributed by atoms with Crippen molar-refractivity contribution in [2.75, 3.05) is 19.0 Å². The quantitative estimate of drug-likeness (QED) is 0.372. The first-order valence-corrected chi connectivity index (χ1v) is 10.7. The molecule has 4 rings (SSSR count). The van der Waals surface area contributed by atoms with E-state index in [9.17, 15) is 10.1 Å². The lowest BCUT2D eigenvalue weighted by atomic mass is 10.1. The minimum absolute atomic E-state index is 0.221. The summed E-state index contributed by atoms with van der Waals surface area (Å²) in [5.41, 5.74) is 5.44. The van der Waals surface area contributed by atoms with Gasteiger partial charge in [-0.1, -0.05) is 35.9 Å². The summed E-state index contributed by atoms with van der Waals surface area (Å²) in [6, 6.07) is 20.9. The highest BCUT2D eigenvalue weighted by molar-refractivity contribution is 5.93. The molecule has 2 N–H and O–H groups in total. The van der Waals surface area contributed by atoms with E-state index in [4.69, 9.17) is 9.47 Å². The van der Waals surface area contributed by atoms with Crippen LogP contribution in [0.1, 0.15) is 22.5 Å². The summed E-state index contributed by atoms with van der Waals surface area (Å²) >= 11 is 0. The number of benzene rings is 3. The van der Waals surface area contributed by atoms with Crippen molar-refractivity contribution in [3.8, 4) is 17.6 Å². The van der Waals surface area contributed by atoms with E-state index in [0.29, 0.717) is 34.1 Å². The fraction of sp³-hybridized carbons (Fsp3) is 0.148. The molecule has 7 nitrogen and oxygen atoms in total. The first-order valence-electron chi connectivity index (χ1n) is 10.7. The number of aromatic amines is 1. The van der Waals surface area contributed by atoms with Crippen LogP contribution in [0.3, 0.4) is 0 Å². The number of H-pyrrole nitrogens is 1. The molecule has 0 atom stereocenters. The van der Waals surface area contributed by atoms with Crippen LogP contribution in [0.4, 0.5) is 5.69 Å². The maximum atomic E-state index is 12.4. The van der Waals surface area contributed by atoms with Crippen molar-refractivity contribution >= 4 is 34.3 Å². The number of carbonyl (C=O) groups is 1. The number of anilines is 1. The number of carbonyl (C=O) groups excluding carboxylic acids is 1. The zero-order valence-electron chi connectivity index (χ0n) is 19.2. The number of nitrogens with one attached hydrogen (secondary N) is 2. The van der Waals surface area contributed by atoms with Crippen LogP contribution < -0.4 is 14.8 Å². The van der Waals surface area contributed by atoms with E-state index >= 15 is 0 Å². The van der Waals surface area contributed by atoms with Gasteiger partial charge in [0.15, 0.2) is 18.1 Å². The molecule has 0 aliphatic rings. The summed E-state index contributed by atoms with van der Waals surface area (Å²) in [6.45, 7) is 3.75. The third-order valence-corrected chi connectivity index (χ3v) is 5.22. The molecule has 0 aliphatic heterocycles. The Kier molecular flexibility index (Phi) is 6.60. The second-order valence-corrected chi connectivity index (χ2v) is 7.86. The van der Waals surface area contributed by atoms with E-state index in [1.165, 1.54) is 7.11 Å². The molecule has 1 heterocycles. The Hall–Kier alpha value is -4.57. The van der Waals surface area contributed by atoms with Crippen molar-refractivity contribution in [2.24, 2.45) is 0 Å². The minimum Gasteiger partial charge on any atom is -0.493 e. The second kappa shape index (κ2) is 9.92. The molecule has 34 heavy (non-hydrogen) atoms. The number of para-hydroxylation sites is 1. The van der Waals surface area contributed by atoms with Gasteiger partial charge in [0.05, 0.1) is 23.7 Å². The van der Waals surface area contributed by atoms with Crippen molar-refractivity contribution in [3.63, 3.8) is 0 Å². The Morgan fingerprint density at radius 3 is 2.62 bits per heavy atom. The molecule has 4 aromatic rings. The number of amides is 1. The molecule has 0 saturated carbocycles. The zero-order chi connectivity index (χ0) is 24.1. The molecule has 0 radical (unpaired) electrons. The van der Waals surface area contributed by atoms with Crippen LogP contribution in [-0.2, 0) is 4.79 Å². The number of aromatic nitrogens is 2. The molecule has 1 aromatic heterocycles. The fourth-order valence-corrected chi connectivity index (χ4v) is 3.49. The highest BCUT2D eigenvalue weighted by Crippen LogP contribution is 2.33. The zero-order valence-corrected chi connectivity index (χ0v) is 19.2. The molecule has 0 bridgehead atoms. The molecule has 0 aliphatic carbocycles. The van der Waals surface area contributed by atoms with Crippen LogP contribution in [0.5, 0.6) is 11.5 Å². The number of allylic oxidation sites excluding steroid dienone is 1. The van der Waals surface area contributed by atoms with Crippen molar-refractivity contribution in [1.29, 1.82) is 5.26 Å². The highest BCUT2D eigenvalue weighted by Gasteiger charge is 2.15. The lowest BCUT2D eigenvalue weighted by Crippen LogP contribution is -2.20. The number of hydrogen-bond acceptors (Lipinski definition) is 5. The molecule has 0 spiro atoms. The standard InChI is InChI=1S/C27H24N4O3/c1-17-7-10-21(11-8-17)29-25(32)16-34-26-19(5-4-6-24(26)33-3)14-20(15-28)27-30-22-12-9-18(2)13-23(22)31-27/h4-14H,16H2,1-3H3,(H,29,32)(H,30,31)/b20-14-. The summed E-state index contributed by atoms with van der Waals surface area (Å²) in [4.78, 5) is 20.2. The van der Waals surface area contributed by atoms with Crippen LogP contribution in [0.25, 0.3) is 22.7 Å². The molecule has 1 amide bonds. The predicted octanol–water partition coefficient (Wildman–Crippen LogP) is 5.27. The van der Waals surface area contributed by atoms with E-state index in [0.717, 1.165) is 22.2 Å². The van der Waals surface area contributed by atoms with Crippen molar-refractivity contribution in [3.05, 3.63) is 83.2 Å². The Labute approximate surface area is 197 Å². The van der Waals surface area contributed by atoms with Gasteiger partial charge >= 0.3 is 0 Å². The summed E-state index contributed by atoms with van der Waals surface area (Å²) in [5, 5.41) is 12.6. The summed E-state index contributed by atoms with van der Waals surface area (Å²) in [7, 11) is 1.52. The number of nitriles is 1. The summed E-state index contributed by atoms with van der Waals surface area (Å²) < 4.78 is 11.3. The molecule has 0 saturated heterocycles. The largest absolute Gasteiger partial charge is 0.493 e. The van der Waals surface area contributed by atoms with Crippen LogP contribution >= 0.6 is 0 Å². The van der Waals surface area contributed by atoms with E-state index in [1.54, 1.807) is 24.3 Å². The van der Waals surface area contributed by atoms with Crippen LogP contribution in [0.15, 0.2) is 60.7 Å². The maximum absolute atomic E-state index is 12.4. The van der Waals surface area contributed by atoms with Crippen LogP contribution in [0.2, 0.25) is 0 Å². The van der Waals surface area contributed by atoms with Gasteiger partial charge in [-0.05, 0) is 55.8 Å². The first kappa shape index (κ1) is 22.6. The van der Waals surface area contributed by atoms with E-state index < -0.39 is 0 Å². The third kappa shape index (κ3) is 5.08. The maximum Gasteiger partial charge on any atom is 0.262 e.